The second-order valence-corrected chi connectivity index (χ2v) is 5.45. The molecule has 0 fully saturated rings. The van der Waals surface area contributed by atoms with Crippen molar-refractivity contribution in [2.24, 2.45) is 0 Å². The van der Waals surface area contributed by atoms with E-state index in [1.807, 2.05) is 31.2 Å². The molecule has 0 bridgehead atoms. The summed E-state index contributed by atoms with van der Waals surface area (Å²) in [6.07, 6.45) is 0. The van der Waals surface area contributed by atoms with Crippen LogP contribution in [0.25, 0.3) is 22.2 Å². The molecule has 0 unspecified atom stereocenters. The molecule has 3 rings (SSSR count). The van der Waals surface area contributed by atoms with Crippen molar-refractivity contribution in [3.05, 3.63) is 53.6 Å². The number of carbonyl (C=O) groups is 1. The summed E-state index contributed by atoms with van der Waals surface area (Å²) in [6.45, 7) is 2.00. The minimum absolute atomic E-state index is 0.148. The van der Waals surface area contributed by atoms with Crippen molar-refractivity contribution in [2.45, 2.75) is 6.92 Å². The van der Waals surface area contributed by atoms with Crippen LogP contribution in [0.5, 0.6) is 11.5 Å². The maximum atomic E-state index is 11.8. The van der Waals surface area contributed by atoms with E-state index in [9.17, 15) is 9.90 Å². The largest absolute Gasteiger partial charge is 0.497 e. The number of methoxy groups -OCH3 is 2. The van der Waals surface area contributed by atoms with E-state index in [1.54, 1.807) is 25.3 Å². The number of aryl methyl sites for hydroxylation is 1. The highest BCUT2D eigenvalue weighted by Gasteiger charge is 2.18. The second kappa shape index (κ2) is 6.20. The molecule has 122 valence electrons. The molecule has 0 aliphatic rings. The lowest BCUT2D eigenvalue weighted by molar-refractivity contribution is 0.0698. The monoisotopic (exact) mass is 323 g/mol. The lowest BCUT2D eigenvalue weighted by Crippen LogP contribution is -2.02. The van der Waals surface area contributed by atoms with Gasteiger partial charge in [-0.25, -0.2) is 9.78 Å². The van der Waals surface area contributed by atoms with Crippen LogP contribution >= 0.6 is 0 Å². The zero-order valence-corrected chi connectivity index (χ0v) is 13.7. The topological polar surface area (TPSA) is 68.7 Å². The Bertz CT molecular complexity index is 917. The lowest BCUT2D eigenvalue weighted by atomic mass is 10.0. The number of fused-ring (bicyclic) bond motifs is 1. The number of hydrogen-bond acceptors (Lipinski definition) is 4. The van der Waals surface area contributed by atoms with Gasteiger partial charge in [-0.05, 0) is 13.0 Å². The summed E-state index contributed by atoms with van der Waals surface area (Å²) in [4.78, 5) is 16.4. The molecule has 0 radical (unpaired) electrons. The van der Waals surface area contributed by atoms with Crippen molar-refractivity contribution in [1.29, 1.82) is 0 Å². The third-order valence-electron chi connectivity index (χ3n) is 3.88. The van der Waals surface area contributed by atoms with Crippen molar-refractivity contribution in [1.82, 2.24) is 4.98 Å². The van der Waals surface area contributed by atoms with Crippen molar-refractivity contribution < 1.29 is 19.4 Å². The minimum Gasteiger partial charge on any atom is -0.497 e. The van der Waals surface area contributed by atoms with Crippen LogP contribution in [0.3, 0.4) is 0 Å². The number of aromatic carboxylic acids is 1. The van der Waals surface area contributed by atoms with Crippen molar-refractivity contribution in [3.8, 4) is 22.8 Å². The molecule has 0 amide bonds. The molecule has 1 N–H and O–H groups in total. The SMILES string of the molecule is COc1cc(OC)c2c(C(=O)O)cc(-c3ccc(C)cc3)nc2c1. The highest BCUT2D eigenvalue weighted by atomic mass is 16.5. The Balaban J connectivity index is 2.34. The smallest absolute Gasteiger partial charge is 0.336 e. The maximum absolute atomic E-state index is 11.8. The quantitative estimate of drug-likeness (QED) is 0.788. The third kappa shape index (κ3) is 2.76. The summed E-state index contributed by atoms with van der Waals surface area (Å²) in [5.74, 6) is -0.0480. The molecule has 0 spiro atoms. The summed E-state index contributed by atoms with van der Waals surface area (Å²) in [7, 11) is 3.04. The molecule has 3 aromatic rings. The molecule has 24 heavy (non-hydrogen) atoms. The molecule has 0 saturated heterocycles. The first-order valence-electron chi connectivity index (χ1n) is 7.40. The summed E-state index contributed by atoms with van der Waals surface area (Å²) in [5, 5.41) is 10.1. The Morgan fingerprint density at radius 2 is 1.75 bits per heavy atom. The van der Waals surface area contributed by atoms with Crippen LogP contribution in [0.2, 0.25) is 0 Å². The summed E-state index contributed by atoms with van der Waals surface area (Å²) >= 11 is 0. The van der Waals surface area contributed by atoms with Gasteiger partial charge in [-0.1, -0.05) is 29.8 Å². The van der Waals surface area contributed by atoms with Gasteiger partial charge in [-0.15, -0.1) is 0 Å². The van der Waals surface area contributed by atoms with Crippen molar-refractivity contribution in [2.75, 3.05) is 14.2 Å². The molecule has 5 heteroatoms. The fourth-order valence-corrected chi connectivity index (χ4v) is 2.63. The molecule has 1 heterocycles. The van der Waals surface area contributed by atoms with Gasteiger partial charge in [0.1, 0.15) is 11.5 Å². The van der Waals surface area contributed by atoms with E-state index >= 15 is 0 Å². The van der Waals surface area contributed by atoms with Gasteiger partial charge in [0, 0.05) is 17.7 Å². The van der Waals surface area contributed by atoms with Gasteiger partial charge in [0.15, 0.2) is 0 Å². The predicted octanol–water partition coefficient (Wildman–Crippen LogP) is 3.93. The molecule has 2 aromatic carbocycles. The van der Waals surface area contributed by atoms with E-state index in [0.717, 1.165) is 11.1 Å². The molecule has 5 nitrogen and oxygen atoms in total. The molecular weight excluding hydrogens is 306 g/mol. The van der Waals surface area contributed by atoms with Gasteiger partial charge in [0.2, 0.25) is 0 Å². The van der Waals surface area contributed by atoms with Gasteiger partial charge >= 0.3 is 5.97 Å². The summed E-state index contributed by atoms with van der Waals surface area (Å²) in [5.41, 5.74) is 3.24. The Morgan fingerprint density at radius 3 is 2.33 bits per heavy atom. The van der Waals surface area contributed by atoms with E-state index in [4.69, 9.17) is 9.47 Å². The van der Waals surface area contributed by atoms with Crippen LogP contribution < -0.4 is 9.47 Å². The van der Waals surface area contributed by atoms with Crippen LogP contribution in [-0.4, -0.2) is 30.3 Å². The number of ether oxygens (including phenoxy) is 2. The summed E-state index contributed by atoms with van der Waals surface area (Å²) in [6, 6.07) is 12.7. The van der Waals surface area contributed by atoms with Crippen molar-refractivity contribution in [3.63, 3.8) is 0 Å². The van der Waals surface area contributed by atoms with Crippen LogP contribution in [0, 0.1) is 6.92 Å². The number of pyridine rings is 1. The van der Waals surface area contributed by atoms with E-state index in [1.165, 1.54) is 7.11 Å². The van der Waals surface area contributed by atoms with Gasteiger partial charge in [-0.3, -0.25) is 0 Å². The second-order valence-electron chi connectivity index (χ2n) is 5.45. The Kier molecular flexibility index (Phi) is 4.08. The molecular formula is C19H17NO4. The van der Waals surface area contributed by atoms with Crippen molar-refractivity contribution >= 4 is 16.9 Å². The van der Waals surface area contributed by atoms with E-state index in [0.29, 0.717) is 28.1 Å². The van der Waals surface area contributed by atoms with Gasteiger partial charge in [0.25, 0.3) is 0 Å². The van der Waals surface area contributed by atoms with Gasteiger partial charge in [0.05, 0.1) is 36.4 Å². The zero-order valence-electron chi connectivity index (χ0n) is 13.7. The molecule has 0 saturated carbocycles. The first-order chi connectivity index (χ1) is 11.5. The highest BCUT2D eigenvalue weighted by molar-refractivity contribution is 6.06. The zero-order chi connectivity index (χ0) is 17.3. The minimum atomic E-state index is -1.03. The average molecular weight is 323 g/mol. The highest BCUT2D eigenvalue weighted by Crippen LogP contribution is 2.35. The van der Waals surface area contributed by atoms with Crippen LogP contribution in [-0.2, 0) is 0 Å². The number of rotatable bonds is 4. The fourth-order valence-electron chi connectivity index (χ4n) is 2.63. The number of aromatic nitrogens is 1. The molecule has 0 atom stereocenters. The third-order valence-corrected chi connectivity index (χ3v) is 3.88. The van der Waals surface area contributed by atoms with Gasteiger partial charge < -0.3 is 14.6 Å². The van der Waals surface area contributed by atoms with Crippen LogP contribution in [0.1, 0.15) is 15.9 Å². The van der Waals surface area contributed by atoms with E-state index in [-0.39, 0.29) is 5.56 Å². The standard InChI is InChI=1S/C19H17NO4/c1-11-4-6-12(7-5-11)15-10-14(19(21)22)18-16(20-15)8-13(23-2)9-17(18)24-3/h4-10H,1-3H3,(H,21,22). The van der Waals surface area contributed by atoms with Crippen LogP contribution in [0.15, 0.2) is 42.5 Å². The Morgan fingerprint density at radius 1 is 1.04 bits per heavy atom. The number of carboxylic acids is 1. The fraction of sp³-hybridized carbons (Fsp3) is 0.158. The normalized spacial score (nSPS) is 10.6. The number of benzene rings is 2. The molecule has 0 aliphatic heterocycles. The predicted molar refractivity (Wildman–Crippen MR) is 92.0 cm³/mol. The van der Waals surface area contributed by atoms with Gasteiger partial charge in [-0.2, -0.15) is 0 Å². The molecule has 1 aromatic heterocycles. The first-order valence-corrected chi connectivity index (χ1v) is 7.40. The van der Waals surface area contributed by atoms with E-state index in [2.05, 4.69) is 4.98 Å². The number of nitrogens with zero attached hydrogens (tertiary/aromatic N) is 1. The number of hydrogen-bond donors (Lipinski definition) is 1. The van der Waals surface area contributed by atoms with Crippen LogP contribution in [0.4, 0.5) is 0 Å². The maximum Gasteiger partial charge on any atom is 0.336 e. The Labute approximate surface area is 139 Å². The Hall–Kier alpha value is -3.08. The lowest BCUT2D eigenvalue weighted by Gasteiger charge is -2.12. The summed E-state index contributed by atoms with van der Waals surface area (Å²) < 4.78 is 10.6. The molecule has 0 aliphatic carbocycles. The average Bonchev–Trinajstić information content (AvgIpc) is 2.60. The first kappa shape index (κ1) is 15.8. The number of carboxylic acid groups (broad SMARTS) is 1. The van der Waals surface area contributed by atoms with E-state index < -0.39 is 5.97 Å².